The average molecular weight is 214 g/mol. The van der Waals surface area contributed by atoms with Crippen LogP contribution in [0.25, 0.3) is 0 Å². The molecule has 2 atom stereocenters. The van der Waals surface area contributed by atoms with Gasteiger partial charge in [0.05, 0.1) is 12.5 Å². The first-order valence-corrected chi connectivity index (χ1v) is 5.06. The van der Waals surface area contributed by atoms with E-state index in [1.165, 1.54) is 4.90 Å². The summed E-state index contributed by atoms with van der Waals surface area (Å²) in [5.74, 6) is -1.05. The Morgan fingerprint density at radius 3 is 2.20 bits per heavy atom. The molecule has 0 spiro atoms. The standard InChI is InChI=1S/C10H18N2O3/c1-11(2)9(13)6-12(3)8-5-4-7(8)10(14)15/h7-8H,4-6H2,1-3H3,(H,14,15). The number of hydrogen-bond acceptors (Lipinski definition) is 3. The number of carbonyl (C=O) groups is 2. The molecule has 15 heavy (non-hydrogen) atoms. The minimum atomic E-state index is -0.754. The predicted octanol–water partition coefficient (Wildman–Crippen LogP) is -0.130. The summed E-state index contributed by atoms with van der Waals surface area (Å²) in [6.07, 6.45) is 1.59. The number of likely N-dealkylation sites (N-methyl/N-ethyl adjacent to an activating group) is 2. The maximum atomic E-state index is 11.4. The van der Waals surface area contributed by atoms with Gasteiger partial charge in [-0.25, -0.2) is 0 Å². The highest BCUT2D eigenvalue weighted by atomic mass is 16.4. The van der Waals surface area contributed by atoms with Crippen molar-refractivity contribution in [3.63, 3.8) is 0 Å². The van der Waals surface area contributed by atoms with Crippen molar-refractivity contribution in [3.05, 3.63) is 0 Å². The van der Waals surface area contributed by atoms with Crippen LogP contribution in [0, 0.1) is 5.92 Å². The van der Waals surface area contributed by atoms with E-state index in [4.69, 9.17) is 5.11 Å². The van der Waals surface area contributed by atoms with E-state index in [9.17, 15) is 9.59 Å². The molecular formula is C10H18N2O3. The van der Waals surface area contributed by atoms with Gasteiger partial charge in [-0.05, 0) is 19.9 Å². The molecule has 1 rings (SSSR count). The van der Waals surface area contributed by atoms with Crippen LogP contribution in [0.3, 0.4) is 0 Å². The van der Waals surface area contributed by atoms with Gasteiger partial charge in [-0.1, -0.05) is 0 Å². The lowest BCUT2D eigenvalue weighted by molar-refractivity contribution is -0.149. The summed E-state index contributed by atoms with van der Waals surface area (Å²) in [4.78, 5) is 25.6. The molecule has 5 heteroatoms. The quantitative estimate of drug-likeness (QED) is 0.708. The molecule has 0 aliphatic heterocycles. The van der Waals surface area contributed by atoms with Crippen LogP contribution in [0.1, 0.15) is 12.8 Å². The summed E-state index contributed by atoms with van der Waals surface area (Å²) in [6, 6.07) is 0.0198. The number of amides is 1. The molecule has 0 bridgehead atoms. The van der Waals surface area contributed by atoms with Crippen LogP contribution in [0.2, 0.25) is 0 Å². The second-order valence-corrected chi connectivity index (χ2v) is 4.29. The number of nitrogens with zero attached hydrogens (tertiary/aromatic N) is 2. The molecule has 2 unspecified atom stereocenters. The van der Waals surface area contributed by atoms with Crippen molar-refractivity contribution in [3.8, 4) is 0 Å². The lowest BCUT2D eigenvalue weighted by Crippen LogP contribution is -2.51. The van der Waals surface area contributed by atoms with E-state index in [0.29, 0.717) is 6.54 Å². The molecule has 1 aliphatic rings. The molecule has 0 radical (unpaired) electrons. The summed E-state index contributed by atoms with van der Waals surface area (Å²) >= 11 is 0. The first-order valence-electron chi connectivity index (χ1n) is 5.06. The molecule has 1 fully saturated rings. The normalized spacial score (nSPS) is 24.8. The number of rotatable bonds is 4. The zero-order chi connectivity index (χ0) is 11.6. The first-order chi connectivity index (χ1) is 6.93. The van der Waals surface area contributed by atoms with Crippen molar-refractivity contribution in [2.75, 3.05) is 27.7 Å². The molecule has 1 amide bonds. The smallest absolute Gasteiger partial charge is 0.308 e. The number of hydrogen-bond donors (Lipinski definition) is 1. The number of carbonyl (C=O) groups excluding carboxylic acids is 1. The molecule has 86 valence electrons. The van der Waals surface area contributed by atoms with Crippen LogP contribution in [0.15, 0.2) is 0 Å². The zero-order valence-corrected chi connectivity index (χ0v) is 9.43. The Hall–Kier alpha value is -1.10. The van der Waals surface area contributed by atoms with Gasteiger partial charge in [-0.3, -0.25) is 14.5 Å². The fourth-order valence-electron chi connectivity index (χ4n) is 1.77. The van der Waals surface area contributed by atoms with E-state index < -0.39 is 5.97 Å². The molecule has 0 aromatic carbocycles. The fraction of sp³-hybridized carbons (Fsp3) is 0.800. The average Bonchev–Trinajstić information content (AvgIpc) is 1.99. The van der Waals surface area contributed by atoms with E-state index in [-0.39, 0.29) is 17.9 Å². The third-order valence-corrected chi connectivity index (χ3v) is 3.00. The van der Waals surface area contributed by atoms with Crippen molar-refractivity contribution in [2.24, 2.45) is 5.92 Å². The topological polar surface area (TPSA) is 60.9 Å². The van der Waals surface area contributed by atoms with Gasteiger partial charge in [0.1, 0.15) is 0 Å². The van der Waals surface area contributed by atoms with Crippen molar-refractivity contribution >= 4 is 11.9 Å². The van der Waals surface area contributed by atoms with Gasteiger partial charge in [0, 0.05) is 20.1 Å². The Morgan fingerprint density at radius 1 is 1.27 bits per heavy atom. The summed E-state index contributed by atoms with van der Waals surface area (Å²) in [6.45, 7) is 0.293. The third-order valence-electron chi connectivity index (χ3n) is 3.00. The monoisotopic (exact) mass is 214 g/mol. The molecule has 0 heterocycles. The predicted molar refractivity (Wildman–Crippen MR) is 55.5 cm³/mol. The molecule has 0 aromatic heterocycles. The maximum absolute atomic E-state index is 11.4. The Bertz CT molecular complexity index is 265. The fourth-order valence-corrected chi connectivity index (χ4v) is 1.77. The van der Waals surface area contributed by atoms with Crippen molar-refractivity contribution in [1.82, 2.24) is 9.80 Å². The lowest BCUT2D eigenvalue weighted by atomic mass is 9.79. The van der Waals surface area contributed by atoms with Crippen LogP contribution >= 0.6 is 0 Å². The van der Waals surface area contributed by atoms with E-state index in [2.05, 4.69) is 0 Å². The van der Waals surface area contributed by atoms with Gasteiger partial charge in [-0.15, -0.1) is 0 Å². The van der Waals surface area contributed by atoms with Gasteiger partial charge in [0.2, 0.25) is 5.91 Å². The van der Waals surface area contributed by atoms with Crippen molar-refractivity contribution in [2.45, 2.75) is 18.9 Å². The largest absolute Gasteiger partial charge is 0.481 e. The highest BCUT2D eigenvalue weighted by Crippen LogP contribution is 2.31. The van der Waals surface area contributed by atoms with Crippen LogP contribution in [-0.4, -0.2) is 60.5 Å². The molecule has 5 nitrogen and oxygen atoms in total. The first kappa shape index (κ1) is 12.0. The molecular weight excluding hydrogens is 196 g/mol. The van der Waals surface area contributed by atoms with Crippen LogP contribution in [0.5, 0.6) is 0 Å². The van der Waals surface area contributed by atoms with Gasteiger partial charge in [0.25, 0.3) is 0 Å². The third kappa shape index (κ3) is 2.68. The van der Waals surface area contributed by atoms with Gasteiger partial charge in [0.15, 0.2) is 0 Å². The molecule has 1 aliphatic carbocycles. The second kappa shape index (κ2) is 4.61. The van der Waals surface area contributed by atoms with E-state index in [1.54, 1.807) is 21.1 Å². The zero-order valence-electron chi connectivity index (χ0n) is 9.43. The van der Waals surface area contributed by atoms with Crippen LogP contribution in [-0.2, 0) is 9.59 Å². The minimum Gasteiger partial charge on any atom is -0.481 e. The Balaban J connectivity index is 2.44. The summed E-state index contributed by atoms with van der Waals surface area (Å²) < 4.78 is 0. The van der Waals surface area contributed by atoms with E-state index >= 15 is 0 Å². The van der Waals surface area contributed by atoms with Crippen LogP contribution in [0.4, 0.5) is 0 Å². The summed E-state index contributed by atoms with van der Waals surface area (Å²) in [5, 5.41) is 8.87. The molecule has 1 saturated carbocycles. The Labute approximate surface area is 89.7 Å². The number of aliphatic carboxylic acids is 1. The molecule has 0 aromatic rings. The summed E-state index contributed by atoms with van der Waals surface area (Å²) in [5.41, 5.74) is 0. The van der Waals surface area contributed by atoms with Crippen molar-refractivity contribution < 1.29 is 14.7 Å². The van der Waals surface area contributed by atoms with Crippen molar-refractivity contribution in [1.29, 1.82) is 0 Å². The molecule has 0 saturated heterocycles. The van der Waals surface area contributed by atoms with Crippen LogP contribution < -0.4 is 0 Å². The van der Waals surface area contributed by atoms with E-state index in [0.717, 1.165) is 12.8 Å². The second-order valence-electron chi connectivity index (χ2n) is 4.29. The minimum absolute atomic E-state index is 0.00791. The van der Waals surface area contributed by atoms with E-state index in [1.807, 2.05) is 4.90 Å². The molecule has 1 N–H and O–H groups in total. The van der Waals surface area contributed by atoms with Gasteiger partial charge >= 0.3 is 5.97 Å². The highest BCUT2D eigenvalue weighted by molar-refractivity contribution is 5.78. The van der Waals surface area contributed by atoms with Gasteiger partial charge < -0.3 is 10.0 Å². The highest BCUT2D eigenvalue weighted by Gasteiger charge is 2.39. The number of carboxylic acids is 1. The SMILES string of the molecule is CN(C)C(=O)CN(C)C1CCC1C(=O)O. The maximum Gasteiger partial charge on any atom is 0.308 e. The lowest BCUT2D eigenvalue weighted by Gasteiger charge is -2.40. The Morgan fingerprint density at radius 2 is 1.87 bits per heavy atom. The number of carboxylic acid groups (broad SMARTS) is 1. The summed E-state index contributed by atoms with van der Waals surface area (Å²) in [7, 11) is 5.21. The van der Waals surface area contributed by atoms with Gasteiger partial charge in [-0.2, -0.15) is 0 Å². The Kier molecular flexibility index (Phi) is 3.68.